The van der Waals surface area contributed by atoms with Crippen molar-refractivity contribution >= 4 is 12.1 Å². The summed E-state index contributed by atoms with van der Waals surface area (Å²) in [6.07, 6.45) is -0.881. The van der Waals surface area contributed by atoms with Gasteiger partial charge in [0.1, 0.15) is 11.4 Å². The van der Waals surface area contributed by atoms with Gasteiger partial charge in [-0.05, 0) is 45.0 Å². The highest BCUT2D eigenvalue weighted by Crippen LogP contribution is 2.15. The number of hydrogen-bond donors (Lipinski definition) is 1. The van der Waals surface area contributed by atoms with Crippen molar-refractivity contribution in [3.05, 3.63) is 29.8 Å². The average Bonchev–Trinajstić information content (AvgIpc) is 2.14. The molecular weight excluding hydrogens is 224 g/mol. The number of benzene rings is 1. The minimum atomic E-state index is -1.11. The first-order chi connectivity index (χ1) is 7.78. The molecule has 0 heterocycles. The Morgan fingerprint density at radius 1 is 1.29 bits per heavy atom. The van der Waals surface area contributed by atoms with Gasteiger partial charge in [0, 0.05) is 0 Å². The topological polar surface area (TPSA) is 72.8 Å². The molecule has 1 rings (SSSR count). The predicted octanol–water partition coefficient (Wildman–Crippen LogP) is 2.50. The van der Waals surface area contributed by atoms with E-state index < -0.39 is 17.7 Å². The molecule has 0 bridgehead atoms. The Hall–Kier alpha value is -2.04. The van der Waals surface area contributed by atoms with Gasteiger partial charge in [0.15, 0.2) is 0 Å². The smallest absolute Gasteiger partial charge is 0.478 e. The number of hydrogen-bond acceptors (Lipinski definition) is 4. The monoisotopic (exact) mass is 237 g/mol. The van der Waals surface area contributed by atoms with Crippen molar-refractivity contribution in [1.82, 2.24) is 0 Å². The number of carboxylic acid groups (broad SMARTS) is 1. The number of carbonyl (C=O) groups excluding carboxylic acids is 1. The predicted molar refractivity (Wildman–Crippen MR) is 59.1 cm³/mol. The molecule has 17 heavy (non-hydrogen) atoms. The van der Waals surface area contributed by atoms with Crippen molar-refractivity contribution in [2.24, 2.45) is 0 Å². The molecule has 1 radical (unpaired) electrons. The molecule has 0 aliphatic rings. The maximum atomic E-state index is 11.3. The highest BCUT2D eigenvalue weighted by Gasteiger charge is 2.18. The van der Waals surface area contributed by atoms with E-state index in [4.69, 9.17) is 14.6 Å². The van der Waals surface area contributed by atoms with Crippen molar-refractivity contribution in [2.75, 3.05) is 0 Å². The van der Waals surface area contributed by atoms with Gasteiger partial charge in [-0.15, -0.1) is 0 Å². The van der Waals surface area contributed by atoms with Crippen LogP contribution in [0.2, 0.25) is 0 Å². The van der Waals surface area contributed by atoms with Crippen LogP contribution in [0.15, 0.2) is 18.2 Å². The molecule has 0 fully saturated rings. The van der Waals surface area contributed by atoms with E-state index in [1.165, 1.54) is 18.2 Å². The minimum absolute atomic E-state index is 0.00828. The first-order valence-electron chi connectivity index (χ1n) is 4.93. The van der Waals surface area contributed by atoms with Crippen LogP contribution in [0, 0.1) is 6.07 Å². The maximum absolute atomic E-state index is 11.3. The lowest BCUT2D eigenvalue weighted by atomic mass is 10.2. The van der Waals surface area contributed by atoms with Crippen LogP contribution in [0.1, 0.15) is 31.1 Å². The van der Waals surface area contributed by atoms with Gasteiger partial charge < -0.3 is 14.6 Å². The van der Waals surface area contributed by atoms with Crippen LogP contribution in [0.5, 0.6) is 5.75 Å². The van der Waals surface area contributed by atoms with E-state index in [9.17, 15) is 9.59 Å². The summed E-state index contributed by atoms with van der Waals surface area (Å²) in [7, 11) is 0. The van der Waals surface area contributed by atoms with Crippen LogP contribution in [-0.2, 0) is 4.74 Å². The highest BCUT2D eigenvalue weighted by atomic mass is 16.7. The minimum Gasteiger partial charge on any atom is -0.478 e. The van der Waals surface area contributed by atoms with Gasteiger partial charge in [-0.25, -0.2) is 9.59 Å². The Morgan fingerprint density at radius 2 is 1.94 bits per heavy atom. The van der Waals surface area contributed by atoms with Crippen molar-refractivity contribution in [3.8, 4) is 5.75 Å². The van der Waals surface area contributed by atoms with Crippen molar-refractivity contribution in [3.63, 3.8) is 0 Å². The molecule has 0 saturated carbocycles. The number of carbonyl (C=O) groups is 2. The van der Waals surface area contributed by atoms with Gasteiger partial charge in [0.2, 0.25) is 0 Å². The first-order valence-corrected chi connectivity index (χ1v) is 4.93. The Labute approximate surface area is 99.0 Å². The zero-order chi connectivity index (χ0) is 13.1. The number of rotatable bonds is 2. The molecule has 1 aromatic rings. The van der Waals surface area contributed by atoms with E-state index in [1.54, 1.807) is 20.8 Å². The van der Waals surface area contributed by atoms with Crippen LogP contribution in [-0.4, -0.2) is 22.8 Å². The molecule has 0 aliphatic heterocycles. The molecule has 91 valence electrons. The van der Waals surface area contributed by atoms with Crippen molar-refractivity contribution in [2.45, 2.75) is 26.4 Å². The second kappa shape index (κ2) is 4.86. The lowest BCUT2D eigenvalue weighted by molar-refractivity contribution is 0.0205. The summed E-state index contributed by atoms with van der Waals surface area (Å²) in [5.41, 5.74) is -0.670. The molecular formula is C12H13O5. The number of aromatic carboxylic acids is 1. The second-order valence-electron chi connectivity index (χ2n) is 4.33. The third kappa shape index (κ3) is 4.55. The van der Waals surface area contributed by atoms with Crippen LogP contribution in [0.4, 0.5) is 4.79 Å². The molecule has 0 atom stereocenters. The summed E-state index contributed by atoms with van der Waals surface area (Å²) in [6.45, 7) is 5.11. The summed E-state index contributed by atoms with van der Waals surface area (Å²) >= 11 is 0. The summed E-state index contributed by atoms with van der Waals surface area (Å²) in [6, 6.07) is 6.43. The molecule has 0 saturated heterocycles. The fourth-order valence-electron chi connectivity index (χ4n) is 1.000. The Kier molecular flexibility index (Phi) is 3.73. The molecule has 0 unspecified atom stereocenters. The van der Waals surface area contributed by atoms with Gasteiger partial charge in [-0.1, -0.05) is 0 Å². The molecule has 0 aliphatic carbocycles. The van der Waals surface area contributed by atoms with Crippen LogP contribution in [0.3, 0.4) is 0 Å². The fraction of sp³-hybridized carbons (Fsp3) is 0.333. The lowest BCUT2D eigenvalue weighted by Crippen LogP contribution is -2.26. The zero-order valence-electron chi connectivity index (χ0n) is 9.81. The molecule has 1 aromatic carbocycles. The fourth-order valence-corrected chi connectivity index (χ4v) is 1.000. The Bertz CT molecular complexity index is 431. The SMILES string of the molecule is CC(C)(C)OC(=O)Oc1c[c]cc(C(=O)O)c1. The second-order valence-corrected chi connectivity index (χ2v) is 4.33. The van der Waals surface area contributed by atoms with Gasteiger partial charge >= 0.3 is 12.1 Å². The van der Waals surface area contributed by atoms with Crippen molar-refractivity contribution < 1.29 is 24.2 Å². The van der Waals surface area contributed by atoms with E-state index in [1.807, 2.05) is 0 Å². The molecule has 1 N–H and O–H groups in total. The molecule has 5 heteroatoms. The lowest BCUT2D eigenvalue weighted by Gasteiger charge is -2.18. The van der Waals surface area contributed by atoms with Crippen LogP contribution in [0.25, 0.3) is 0 Å². The first kappa shape index (κ1) is 13.0. The maximum Gasteiger partial charge on any atom is 0.514 e. The third-order valence-corrected chi connectivity index (χ3v) is 1.60. The summed E-state index contributed by atoms with van der Waals surface area (Å²) < 4.78 is 9.74. The molecule has 5 nitrogen and oxygen atoms in total. The highest BCUT2D eigenvalue weighted by molar-refractivity contribution is 5.88. The standard InChI is InChI=1S/C12H13O5/c1-12(2,3)17-11(15)16-9-6-4-5-8(7-9)10(13)14/h5-7H,1-3H3,(H,13,14). The van der Waals surface area contributed by atoms with Crippen molar-refractivity contribution in [1.29, 1.82) is 0 Å². The quantitative estimate of drug-likeness (QED) is 0.632. The van der Waals surface area contributed by atoms with E-state index in [0.29, 0.717) is 0 Å². The van der Waals surface area contributed by atoms with E-state index in [0.717, 1.165) is 0 Å². The van der Waals surface area contributed by atoms with E-state index >= 15 is 0 Å². The Morgan fingerprint density at radius 3 is 2.47 bits per heavy atom. The summed E-state index contributed by atoms with van der Waals surface area (Å²) in [5, 5.41) is 8.74. The number of ether oxygens (including phenoxy) is 2. The summed E-state index contributed by atoms with van der Waals surface area (Å²) in [5.74, 6) is -1.03. The van der Waals surface area contributed by atoms with Gasteiger partial charge in [0.25, 0.3) is 0 Å². The molecule has 0 aromatic heterocycles. The third-order valence-electron chi connectivity index (χ3n) is 1.60. The van der Waals surface area contributed by atoms with E-state index in [2.05, 4.69) is 6.07 Å². The van der Waals surface area contributed by atoms with Gasteiger partial charge in [-0.2, -0.15) is 0 Å². The molecule has 0 spiro atoms. The number of carboxylic acids is 1. The summed E-state index contributed by atoms with van der Waals surface area (Å²) in [4.78, 5) is 22.0. The zero-order valence-corrected chi connectivity index (χ0v) is 9.81. The van der Waals surface area contributed by atoms with Crippen LogP contribution < -0.4 is 4.74 Å². The van der Waals surface area contributed by atoms with Gasteiger partial charge in [0.05, 0.1) is 5.56 Å². The normalized spacial score (nSPS) is 10.8. The Balaban J connectivity index is 2.72. The van der Waals surface area contributed by atoms with Crippen LogP contribution >= 0.6 is 0 Å². The van der Waals surface area contributed by atoms with Gasteiger partial charge in [-0.3, -0.25) is 0 Å². The average molecular weight is 237 g/mol. The van der Waals surface area contributed by atoms with E-state index in [-0.39, 0.29) is 11.3 Å². The largest absolute Gasteiger partial charge is 0.514 e. The molecule has 0 amide bonds.